The Kier molecular flexibility index (Phi) is 6.25. The van der Waals surface area contributed by atoms with Gasteiger partial charge in [-0.05, 0) is 58.2 Å². The summed E-state index contributed by atoms with van der Waals surface area (Å²) < 4.78 is 0. The van der Waals surface area contributed by atoms with E-state index in [0.29, 0.717) is 23.2 Å². The van der Waals surface area contributed by atoms with Crippen LogP contribution in [0.4, 0.5) is 5.95 Å². The molecule has 9 heteroatoms. The number of nitrogens with one attached hydrogen (secondary N) is 2. The third-order valence-corrected chi connectivity index (χ3v) is 5.69. The summed E-state index contributed by atoms with van der Waals surface area (Å²) in [5, 5.41) is 29.6. The van der Waals surface area contributed by atoms with Gasteiger partial charge in [0.2, 0.25) is 5.95 Å². The molecule has 166 valence electrons. The summed E-state index contributed by atoms with van der Waals surface area (Å²) in [4.78, 5) is 6.66. The van der Waals surface area contributed by atoms with Gasteiger partial charge in [-0.25, -0.2) is 4.98 Å². The largest absolute Gasteiger partial charge is 0.507 e. The van der Waals surface area contributed by atoms with E-state index in [2.05, 4.69) is 63.3 Å². The lowest BCUT2D eigenvalue weighted by Crippen LogP contribution is -2.62. The second kappa shape index (κ2) is 8.43. The number of aromatic amines is 1. The van der Waals surface area contributed by atoms with Gasteiger partial charge in [-0.15, -0.1) is 22.6 Å². The fraction of sp³-hybridized carbons (Fsp3) is 0.455. The molecule has 0 spiro atoms. The Morgan fingerprint density at radius 2 is 1.74 bits per heavy atom. The van der Waals surface area contributed by atoms with E-state index in [-0.39, 0.29) is 29.2 Å². The van der Waals surface area contributed by atoms with Crippen molar-refractivity contribution in [2.45, 2.75) is 57.7 Å². The van der Waals surface area contributed by atoms with Crippen LogP contribution in [0.3, 0.4) is 0 Å². The fourth-order valence-electron chi connectivity index (χ4n) is 4.60. The molecule has 3 aromatic rings. The first-order valence-electron chi connectivity index (χ1n) is 10.2. The number of H-pyrrole nitrogens is 1. The molecule has 8 nitrogen and oxygen atoms in total. The summed E-state index contributed by atoms with van der Waals surface area (Å²) >= 11 is 0. The van der Waals surface area contributed by atoms with Crippen LogP contribution in [0, 0.1) is 0 Å². The second-order valence-electron chi connectivity index (χ2n) is 9.43. The highest BCUT2D eigenvalue weighted by molar-refractivity contribution is 5.85. The van der Waals surface area contributed by atoms with E-state index < -0.39 is 0 Å². The number of hydrogen-bond donors (Lipinski definition) is 3. The van der Waals surface area contributed by atoms with Gasteiger partial charge in [-0.3, -0.25) is 5.10 Å². The van der Waals surface area contributed by atoms with Gasteiger partial charge >= 0.3 is 0 Å². The summed E-state index contributed by atoms with van der Waals surface area (Å²) in [7, 11) is 2.02. The lowest BCUT2D eigenvalue weighted by Gasteiger charge is -2.48. The summed E-state index contributed by atoms with van der Waals surface area (Å²) in [5.41, 5.74) is 2.99. The van der Waals surface area contributed by atoms with Gasteiger partial charge in [0, 0.05) is 41.5 Å². The third-order valence-electron chi connectivity index (χ3n) is 5.69. The van der Waals surface area contributed by atoms with Crippen molar-refractivity contribution in [1.82, 2.24) is 30.7 Å². The zero-order chi connectivity index (χ0) is 21.5. The monoisotopic (exact) mass is 443 g/mol. The van der Waals surface area contributed by atoms with Gasteiger partial charge < -0.3 is 15.3 Å². The van der Waals surface area contributed by atoms with Crippen molar-refractivity contribution in [3.8, 4) is 28.1 Å². The molecule has 2 aromatic heterocycles. The smallest absolute Gasteiger partial charge is 0.245 e. The van der Waals surface area contributed by atoms with E-state index in [4.69, 9.17) is 0 Å². The minimum atomic E-state index is 0. The van der Waals surface area contributed by atoms with Crippen LogP contribution in [-0.4, -0.2) is 54.7 Å². The van der Waals surface area contributed by atoms with Gasteiger partial charge in [0.15, 0.2) is 0 Å². The first kappa shape index (κ1) is 23.0. The Labute approximate surface area is 188 Å². The highest BCUT2D eigenvalue weighted by Gasteiger charge is 2.39. The van der Waals surface area contributed by atoms with Crippen LogP contribution in [0.25, 0.3) is 22.4 Å². The van der Waals surface area contributed by atoms with E-state index >= 15 is 0 Å². The van der Waals surface area contributed by atoms with Crippen LogP contribution < -0.4 is 10.2 Å². The molecule has 3 heterocycles. The zero-order valence-electron chi connectivity index (χ0n) is 18.5. The summed E-state index contributed by atoms with van der Waals surface area (Å²) in [6.07, 6.45) is 7.15. The molecule has 1 aliphatic rings. The Morgan fingerprint density at radius 3 is 2.29 bits per heavy atom. The molecule has 31 heavy (non-hydrogen) atoms. The molecule has 1 fully saturated rings. The highest BCUT2D eigenvalue weighted by atomic mass is 35.5. The van der Waals surface area contributed by atoms with Crippen molar-refractivity contribution in [3.63, 3.8) is 0 Å². The predicted molar refractivity (Wildman–Crippen MR) is 124 cm³/mol. The Balaban J connectivity index is 0.00000272. The molecule has 0 radical (unpaired) electrons. The average Bonchev–Trinajstić information content (AvgIpc) is 3.20. The van der Waals surface area contributed by atoms with Gasteiger partial charge in [0.1, 0.15) is 11.4 Å². The zero-order valence-corrected chi connectivity index (χ0v) is 19.4. The SMILES string of the molecule is CN(c1ncc(-c2ccc(-c3cn[nH]c3)cc2O)nn1)C1CC(C)(C)NC(C)(C)C1.Cl. The van der Waals surface area contributed by atoms with Crippen LogP contribution in [0.2, 0.25) is 0 Å². The number of nitrogens with zero attached hydrogens (tertiary/aromatic N) is 5. The van der Waals surface area contributed by atoms with Gasteiger partial charge in [-0.2, -0.15) is 5.10 Å². The van der Waals surface area contributed by atoms with Crippen LogP contribution in [0.15, 0.2) is 36.8 Å². The molecule has 1 saturated heterocycles. The van der Waals surface area contributed by atoms with E-state index in [9.17, 15) is 5.11 Å². The number of anilines is 1. The first-order valence-corrected chi connectivity index (χ1v) is 10.2. The standard InChI is InChI=1S/C22H29N7O.ClH/c1-21(2)9-16(10-22(3,4)28-21)29(5)20-23-13-18(26-27-20)17-7-6-14(8-19(17)30)15-11-24-25-12-15;/h6-8,11-13,16,28,30H,9-10H2,1-5H3,(H,24,25);1H. The molecular weight excluding hydrogens is 414 g/mol. The maximum Gasteiger partial charge on any atom is 0.245 e. The molecule has 1 aromatic carbocycles. The van der Waals surface area contributed by atoms with E-state index in [0.717, 1.165) is 24.0 Å². The van der Waals surface area contributed by atoms with Crippen molar-refractivity contribution >= 4 is 18.4 Å². The molecule has 3 N–H and O–H groups in total. The highest BCUT2D eigenvalue weighted by Crippen LogP contribution is 2.34. The average molecular weight is 444 g/mol. The minimum absolute atomic E-state index is 0. The molecule has 0 aliphatic carbocycles. The van der Waals surface area contributed by atoms with Crippen LogP contribution in [0.5, 0.6) is 5.75 Å². The van der Waals surface area contributed by atoms with Gasteiger partial charge in [-0.1, -0.05) is 6.07 Å². The number of halogens is 1. The van der Waals surface area contributed by atoms with E-state index in [1.54, 1.807) is 24.7 Å². The summed E-state index contributed by atoms with van der Waals surface area (Å²) in [6.45, 7) is 8.92. The maximum absolute atomic E-state index is 10.5. The normalized spacial score (nSPS) is 17.7. The third kappa shape index (κ3) is 4.97. The maximum atomic E-state index is 10.5. The predicted octanol–water partition coefficient (Wildman–Crippen LogP) is 3.80. The first-order chi connectivity index (χ1) is 14.1. The lowest BCUT2D eigenvalue weighted by atomic mass is 9.79. The van der Waals surface area contributed by atoms with Crippen LogP contribution in [0.1, 0.15) is 40.5 Å². The van der Waals surface area contributed by atoms with Crippen molar-refractivity contribution in [2.75, 3.05) is 11.9 Å². The van der Waals surface area contributed by atoms with Crippen molar-refractivity contribution in [3.05, 3.63) is 36.8 Å². The fourth-order valence-corrected chi connectivity index (χ4v) is 4.60. The van der Waals surface area contributed by atoms with Crippen molar-refractivity contribution in [1.29, 1.82) is 0 Å². The molecule has 0 amide bonds. The van der Waals surface area contributed by atoms with E-state index in [1.165, 1.54) is 0 Å². The number of hydrogen-bond acceptors (Lipinski definition) is 7. The van der Waals surface area contributed by atoms with E-state index in [1.807, 2.05) is 19.2 Å². The van der Waals surface area contributed by atoms with Gasteiger partial charge in [0.25, 0.3) is 0 Å². The Hall–Kier alpha value is -2.71. The molecule has 0 saturated carbocycles. The molecular formula is C22H30ClN7O. The summed E-state index contributed by atoms with van der Waals surface area (Å²) in [5.74, 6) is 0.722. The second-order valence-corrected chi connectivity index (χ2v) is 9.43. The van der Waals surface area contributed by atoms with Gasteiger partial charge in [0.05, 0.1) is 12.4 Å². The van der Waals surface area contributed by atoms with Crippen LogP contribution >= 0.6 is 12.4 Å². The molecule has 0 unspecified atom stereocenters. The Bertz CT molecular complexity index is 1000. The Morgan fingerprint density at radius 1 is 1.03 bits per heavy atom. The number of benzene rings is 1. The molecule has 0 bridgehead atoms. The molecule has 0 atom stereocenters. The topological polar surface area (TPSA) is 103 Å². The minimum Gasteiger partial charge on any atom is -0.507 e. The number of phenolic OH excluding ortho intramolecular Hbond substituents is 1. The quantitative estimate of drug-likeness (QED) is 0.563. The number of phenols is 1. The number of piperidine rings is 1. The lowest BCUT2D eigenvalue weighted by molar-refractivity contribution is 0.160. The summed E-state index contributed by atoms with van der Waals surface area (Å²) in [6, 6.07) is 5.75. The molecule has 1 aliphatic heterocycles. The number of rotatable bonds is 4. The van der Waals surface area contributed by atoms with Crippen molar-refractivity contribution < 1.29 is 5.11 Å². The number of aromatic nitrogens is 5. The van der Waals surface area contributed by atoms with Crippen LogP contribution in [-0.2, 0) is 0 Å². The number of aromatic hydroxyl groups is 1. The van der Waals surface area contributed by atoms with Crippen molar-refractivity contribution in [2.24, 2.45) is 0 Å². The molecule has 4 rings (SSSR count).